The maximum Gasteiger partial charge on any atom is 0.310 e. The number of rotatable bonds is 8. The van der Waals surface area contributed by atoms with Crippen LogP contribution in [0.5, 0.6) is 0 Å². The zero-order chi connectivity index (χ0) is 17.1. The van der Waals surface area contributed by atoms with Crippen LogP contribution in [0, 0.1) is 12.8 Å². The third-order valence-electron chi connectivity index (χ3n) is 3.54. The largest absolute Gasteiger partial charge is 0.469 e. The van der Waals surface area contributed by atoms with E-state index in [0.717, 1.165) is 30.9 Å². The molecule has 0 aromatic heterocycles. The van der Waals surface area contributed by atoms with Crippen LogP contribution in [0.4, 0.5) is 0 Å². The van der Waals surface area contributed by atoms with Gasteiger partial charge in [-0.1, -0.05) is 50.1 Å². The second kappa shape index (κ2) is 13.0. The highest BCUT2D eigenvalue weighted by Gasteiger charge is 2.13. The van der Waals surface area contributed by atoms with Gasteiger partial charge < -0.3 is 15.4 Å². The van der Waals surface area contributed by atoms with Crippen LogP contribution in [0.25, 0.3) is 0 Å². The average Bonchev–Trinajstić information content (AvgIpc) is 2.57. The normalized spacial score (nSPS) is 12.1. The smallest absolute Gasteiger partial charge is 0.310 e. The van der Waals surface area contributed by atoms with Gasteiger partial charge in [-0.2, -0.15) is 0 Å². The molecule has 0 saturated carbocycles. The molecule has 1 atom stereocenters. The third kappa shape index (κ3) is 9.10. The molecule has 136 valence electrons. The highest BCUT2D eigenvalue weighted by atomic mass is 127. The lowest BCUT2D eigenvalue weighted by Crippen LogP contribution is -2.41. The van der Waals surface area contributed by atoms with Crippen LogP contribution >= 0.6 is 24.0 Å². The van der Waals surface area contributed by atoms with Crippen LogP contribution in [0.3, 0.4) is 0 Å². The van der Waals surface area contributed by atoms with E-state index in [-0.39, 0.29) is 35.9 Å². The first-order chi connectivity index (χ1) is 11.1. The molecular weight excluding hydrogens is 417 g/mol. The summed E-state index contributed by atoms with van der Waals surface area (Å²) in [6.07, 6.45) is 2.20. The molecule has 1 aromatic carbocycles. The van der Waals surface area contributed by atoms with E-state index in [0.29, 0.717) is 13.1 Å². The Hall–Kier alpha value is -1.31. The van der Waals surface area contributed by atoms with E-state index in [1.165, 1.54) is 12.7 Å². The maximum atomic E-state index is 11.5. The number of nitrogens with one attached hydrogen (secondary N) is 2. The molecule has 6 heteroatoms. The van der Waals surface area contributed by atoms with Crippen molar-refractivity contribution in [2.45, 2.75) is 40.2 Å². The molecule has 0 heterocycles. The molecule has 1 unspecified atom stereocenters. The number of carbonyl (C=O) groups is 1. The molecule has 0 saturated heterocycles. The lowest BCUT2D eigenvalue weighted by atomic mass is 10.1. The molecule has 5 nitrogen and oxygen atoms in total. The van der Waals surface area contributed by atoms with E-state index in [9.17, 15) is 4.79 Å². The Bertz CT molecular complexity index is 503. The molecule has 2 N–H and O–H groups in total. The quantitative estimate of drug-likeness (QED) is 0.211. The summed E-state index contributed by atoms with van der Waals surface area (Å²) in [5.74, 6) is 0.302. The van der Waals surface area contributed by atoms with Gasteiger partial charge in [0, 0.05) is 13.1 Å². The minimum Gasteiger partial charge on any atom is -0.469 e. The average molecular weight is 447 g/mol. The van der Waals surface area contributed by atoms with Crippen molar-refractivity contribution in [1.29, 1.82) is 0 Å². The standard InChI is InChI=1S/C18H29N3O2.HI/c1-5-6-11-19-18(20-12-15(3)17(22)23-4)21-13-16-9-7-14(2)8-10-16;/h7-10,15H,5-6,11-13H2,1-4H3,(H2,19,20,21);1H. The minimum atomic E-state index is -0.219. The van der Waals surface area contributed by atoms with Crippen LogP contribution in [0.1, 0.15) is 37.8 Å². The van der Waals surface area contributed by atoms with E-state index in [1.54, 1.807) is 0 Å². The molecular formula is C18H30IN3O2. The number of ether oxygens (including phenoxy) is 1. The highest BCUT2D eigenvalue weighted by molar-refractivity contribution is 14.0. The summed E-state index contributed by atoms with van der Waals surface area (Å²) in [7, 11) is 1.41. The van der Waals surface area contributed by atoms with Crippen molar-refractivity contribution in [3.05, 3.63) is 35.4 Å². The Kier molecular flexibility index (Phi) is 12.3. The first-order valence-electron chi connectivity index (χ1n) is 8.22. The summed E-state index contributed by atoms with van der Waals surface area (Å²) < 4.78 is 4.74. The molecule has 0 fully saturated rings. The van der Waals surface area contributed by atoms with Crippen molar-refractivity contribution in [1.82, 2.24) is 10.6 Å². The number of halogens is 1. The van der Waals surface area contributed by atoms with Crippen molar-refractivity contribution < 1.29 is 9.53 Å². The number of aliphatic imine (C=N–C) groups is 1. The first-order valence-corrected chi connectivity index (χ1v) is 8.22. The molecule has 0 spiro atoms. The molecule has 0 aliphatic rings. The van der Waals surface area contributed by atoms with Gasteiger partial charge in [0.2, 0.25) is 0 Å². The summed E-state index contributed by atoms with van der Waals surface area (Å²) in [5, 5.41) is 6.51. The van der Waals surface area contributed by atoms with Gasteiger partial charge in [0.05, 0.1) is 19.6 Å². The van der Waals surface area contributed by atoms with Gasteiger partial charge in [-0.05, 0) is 18.9 Å². The van der Waals surface area contributed by atoms with E-state index < -0.39 is 0 Å². The molecule has 0 bridgehead atoms. The van der Waals surface area contributed by atoms with Gasteiger partial charge in [0.25, 0.3) is 0 Å². The van der Waals surface area contributed by atoms with Gasteiger partial charge in [-0.25, -0.2) is 4.99 Å². The Morgan fingerprint density at radius 2 is 1.92 bits per heavy atom. The lowest BCUT2D eigenvalue weighted by Gasteiger charge is -2.15. The summed E-state index contributed by atoms with van der Waals surface area (Å²) in [5.41, 5.74) is 2.40. The monoisotopic (exact) mass is 447 g/mol. The Morgan fingerprint density at radius 1 is 1.25 bits per heavy atom. The van der Waals surface area contributed by atoms with Gasteiger partial charge in [0.1, 0.15) is 0 Å². The number of esters is 1. The van der Waals surface area contributed by atoms with Crippen LogP contribution in [-0.4, -0.2) is 32.1 Å². The number of benzene rings is 1. The van der Waals surface area contributed by atoms with E-state index in [4.69, 9.17) is 4.74 Å². The number of methoxy groups -OCH3 is 1. The number of nitrogens with zero attached hydrogens (tertiary/aromatic N) is 1. The van der Waals surface area contributed by atoms with Crippen molar-refractivity contribution in [2.75, 3.05) is 20.2 Å². The second-order valence-electron chi connectivity index (χ2n) is 5.74. The van der Waals surface area contributed by atoms with E-state index >= 15 is 0 Å². The van der Waals surface area contributed by atoms with Crippen LogP contribution in [0.15, 0.2) is 29.3 Å². The van der Waals surface area contributed by atoms with Gasteiger partial charge in [-0.15, -0.1) is 24.0 Å². The lowest BCUT2D eigenvalue weighted by molar-refractivity contribution is -0.144. The first kappa shape index (κ1) is 22.7. The zero-order valence-corrected chi connectivity index (χ0v) is 17.4. The number of aryl methyl sites for hydroxylation is 1. The van der Waals surface area contributed by atoms with Crippen molar-refractivity contribution in [3.8, 4) is 0 Å². The van der Waals surface area contributed by atoms with Gasteiger partial charge in [-0.3, -0.25) is 4.79 Å². The van der Waals surface area contributed by atoms with Crippen molar-refractivity contribution in [2.24, 2.45) is 10.9 Å². The van der Waals surface area contributed by atoms with Crippen LogP contribution in [0.2, 0.25) is 0 Å². The Labute approximate surface area is 162 Å². The van der Waals surface area contributed by atoms with Gasteiger partial charge >= 0.3 is 5.97 Å². The summed E-state index contributed by atoms with van der Waals surface area (Å²) >= 11 is 0. The molecule has 1 aromatic rings. The van der Waals surface area contributed by atoms with Crippen molar-refractivity contribution >= 4 is 35.9 Å². The van der Waals surface area contributed by atoms with E-state index in [2.05, 4.69) is 53.7 Å². The fourth-order valence-electron chi connectivity index (χ4n) is 1.96. The predicted molar refractivity (Wildman–Crippen MR) is 110 cm³/mol. The summed E-state index contributed by atoms with van der Waals surface area (Å²) in [6.45, 7) is 8.02. The zero-order valence-electron chi connectivity index (χ0n) is 15.1. The number of carbonyl (C=O) groups excluding carboxylic acids is 1. The van der Waals surface area contributed by atoms with Crippen LogP contribution < -0.4 is 10.6 Å². The third-order valence-corrected chi connectivity index (χ3v) is 3.54. The number of guanidine groups is 1. The fourth-order valence-corrected chi connectivity index (χ4v) is 1.96. The molecule has 0 aliphatic heterocycles. The molecule has 0 amide bonds. The Balaban J connectivity index is 0.00000529. The maximum absolute atomic E-state index is 11.5. The van der Waals surface area contributed by atoms with Crippen molar-refractivity contribution in [3.63, 3.8) is 0 Å². The minimum absolute atomic E-state index is 0. The molecule has 0 radical (unpaired) electrons. The SMILES string of the molecule is CCCCNC(=NCc1ccc(C)cc1)NCC(C)C(=O)OC.I. The fraction of sp³-hybridized carbons (Fsp3) is 0.556. The topological polar surface area (TPSA) is 62.7 Å². The summed E-state index contributed by atoms with van der Waals surface area (Å²) in [4.78, 5) is 16.1. The molecule has 24 heavy (non-hydrogen) atoms. The predicted octanol–water partition coefficient (Wildman–Crippen LogP) is 3.26. The number of unbranched alkanes of at least 4 members (excludes halogenated alkanes) is 1. The number of hydrogen-bond acceptors (Lipinski definition) is 3. The van der Waals surface area contributed by atoms with Crippen LogP contribution in [-0.2, 0) is 16.1 Å². The number of hydrogen-bond donors (Lipinski definition) is 2. The molecule has 1 rings (SSSR count). The highest BCUT2D eigenvalue weighted by Crippen LogP contribution is 2.04. The molecule has 0 aliphatic carbocycles. The second-order valence-corrected chi connectivity index (χ2v) is 5.74. The summed E-state index contributed by atoms with van der Waals surface area (Å²) in [6, 6.07) is 8.34. The van der Waals surface area contributed by atoms with Gasteiger partial charge in [0.15, 0.2) is 5.96 Å². The Morgan fingerprint density at radius 3 is 2.50 bits per heavy atom. The van der Waals surface area contributed by atoms with E-state index in [1.807, 2.05) is 6.92 Å².